The molecule has 20 heavy (non-hydrogen) atoms. The van der Waals surface area contributed by atoms with E-state index < -0.39 is 0 Å². The van der Waals surface area contributed by atoms with Crippen molar-refractivity contribution in [3.63, 3.8) is 0 Å². The lowest BCUT2D eigenvalue weighted by Gasteiger charge is -2.32. The predicted octanol–water partition coefficient (Wildman–Crippen LogP) is 1.08. The van der Waals surface area contributed by atoms with Gasteiger partial charge in [0.25, 0.3) is 0 Å². The van der Waals surface area contributed by atoms with Crippen LogP contribution in [0.15, 0.2) is 24.3 Å². The molecule has 0 saturated carbocycles. The van der Waals surface area contributed by atoms with Gasteiger partial charge in [-0.2, -0.15) is 0 Å². The van der Waals surface area contributed by atoms with Crippen LogP contribution in [0.1, 0.15) is 12.0 Å². The molecular formula is C15H22N2O3. The molecule has 1 saturated heterocycles. The van der Waals surface area contributed by atoms with Crippen LogP contribution in [0, 0.1) is 0 Å². The molecule has 1 aliphatic heterocycles. The van der Waals surface area contributed by atoms with Crippen molar-refractivity contribution in [3.8, 4) is 0 Å². The van der Waals surface area contributed by atoms with Gasteiger partial charge in [0, 0.05) is 32.3 Å². The Hall–Kier alpha value is -1.59. The Kier molecular flexibility index (Phi) is 5.38. The first-order valence-corrected chi connectivity index (χ1v) is 6.92. The molecule has 1 aromatic carbocycles. The molecule has 1 atom stereocenters. The van der Waals surface area contributed by atoms with Crippen LogP contribution in [0.4, 0.5) is 5.69 Å². The number of hydrogen-bond donors (Lipinski definition) is 1. The van der Waals surface area contributed by atoms with E-state index in [1.54, 1.807) is 7.11 Å². The third-order valence-electron chi connectivity index (χ3n) is 3.51. The Morgan fingerprint density at radius 2 is 2.30 bits per heavy atom. The summed E-state index contributed by atoms with van der Waals surface area (Å²) in [4.78, 5) is 14.1. The molecule has 1 fully saturated rings. The number of nitrogens with two attached hydrogens (primary N) is 1. The van der Waals surface area contributed by atoms with Crippen molar-refractivity contribution in [1.82, 2.24) is 4.90 Å². The van der Waals surface area contributed by atoms with Gasteiger partial charge >= 0.3 is 0 Å². The number of amides is 1. The molecule has 1 unspecified atom stereocenters. The van der Waals surface area contributed by atoms with Crippen molar-refractivity contribution in [2.45, 2.75) is 18.9 Å². The lowest BCUT2D eigenvalue weighted by molar-refractivity contribution is -0.140. The van der Waals surface area contributed by atoms with Gasteiger partial charge in [0.2, 0.25) is 5.91 Å². The minimum Gasteiger partial charge on any atom is -0.399 e. The minimum atomic E-state index is -0.0144. The second-order valence-corrected chi connectivity index (χ2v) is 4.99. The molecule has 5 heteroatoms. The summed E-state index contributed by atoms with van der Waals surface area (Å²) in [6.45, 7) is 2.36. The lowest BCUT2D eigenvalue weighted by atomic mass is 10.1. The van der Waals surface area contributed by atoms with Gasteiger partial charge in [-0.3, -0.25) is 4.79 Å². The molecule has 0 spiro atoms. The maximum absolute atomic E-state index is 12.2. The summed E-state index contributed by atoms with van der Waals surface area (Å²) in [5.74, 6) is 0.151. The van der Waals surface area contributed by atoms with Gasteiger partial charge in [-0.25, -0.2) is 0 Å². The molecule has 0 aliphatic carbocycles. The van der Waals surface area contributed by atoms with Crippen LogP contribution in [0.5, 0.6) is 0 Å². The molecule has 0 aromatic heterocycles. The van der Waals surface area contributed by atoms with Crippen molar-refractivity contribution >= 4 is 11.6 Å². The minimum absolute atomic E-state index is 0.0144. The van der Waals surface area contributed by atoms with Crippen LogP contribution in [0.3, 0.4) is 0 Å². The van der Waals surface area contributed by atoms with E-state index in [2.05, 4.69) is 0 Å². The number of morpholine rings is 1. The van der Waals surface area contributed by atoms with Crippen molar-refractivity contribution in [1.29, 1.82) is 0 Å². The summed E-state index contributed by atoms with van der Waals surface area (Å²) in [6, 6.07) is 7.68. The van der Waals surface area contributed by atoms with Gasteiger partial charge < -0.3 is 20.1 Å². The summed E-state index contributed by atoms with van der Waals surface area (Å²) in [5.41, 5.74) is 7.67. The third kappa shape index (κ3) is 3.95. The number of hydrogen-bond acceptors (Lipinski definition) is 4. The zero-order valence-electron chi connectivity index (χ0n) is 11.9. The maximum Gasteiger partial charge on any atom is 0.223 e. The number of rotatable bonds is 5. The number of nitrogen functional groups attached to an aromatic ring is 1. The number of carbonyl (C=O) groups is 1. The fourth-order valence-electron chi connectivity index (χ4n) is 2.39. The number of methoxy groups -OCH3 is 1. The molecular weight excluding hydrogens is 256 g/mol. The van der Waals surface area contributed by atoms with E-state index >= 15 is 0 Å². The summed E-state index contributed by atoms with van der Waals surface area (Å²) in [6.07, 6.45) is 1.14. The third-order valence-corrected chi connectivity index (χ3v) is 3.51. The van der Waals surface area contributed by atoms with Crippen LogP contribution < -0.4 is 5.73 Å². The number of aryl methyl sites for hydroxylation is 1. The fraction of sp³-hybridized carbons (Fsp3) is 0.533. The summed E-state index contributed by atoms with van der Waals surface area (Å²) < 4.78 is 10.6. The number of anilines is 1. The Morgan fingerprint density at radius 3 is 3.05 bits per heavy atom. The maximum atomic E-state index is 12.2. The van der Waals surface area contributed by atoms with E-state index in [1.807, 2.05) is 29.2 Å². The molecule has 0 radical (unpaired) electrons. The number of benzene rings is 1. The van der Waals surface area contributed by atoms with Crippen LogP contribution in [0.25, 0.3) is 0 Å². The number of carbonyl (C=O) groups excluding carboxylic acids is 1. The quantitative estimate of drug-likeness (QED) is 0.818. The highest BCUT2D eigenvalue weighted by Crippen LogP contribution is 2.14. The molecule has 1 aromatic rings. The van der Waals surface area contributed by atoms with Crippen LogP contribution in [-0.4, -0.2) is 50.3 Å². The molecule has 1 aliphatic rings. The number of nitrogens with zero attached hydrogens (tertiary/aromatic N) is 1. The average Bonchev–Trinajstić information content (AvgIpc) is 2.47. The highest BCUT2D eigenvalue weighted by molar-refractivity contribution is 5.76. The van der Waals surface area contributed by atoms with Gasteiger partial charge in [-0.05, 0) is 18.1 Å². The first-order chi connectivity index (χ1) is 9.70. The molecule has 5 nitrogen and oxygen atoms in total. The van der Waals surface area contributed by atoms with E-state index in [1.165, 1.54) is 0 Å². The smallest absolute Gasteiger partial charge is 0.223 e. The summed E-state index contributed by atoms with van der Waals surface area (Å²) in [7, 11) is 1.64. The second-order valence-electron chi connectivity index (χ2n) is 4.99. The molecule has 2 rings (SSSR count). The standard InChI is InChI=1S/C15H22N2O3/c1-19-11-13-10-17(8-9-20-13)15(18)7-6-12-4-2-3-5-14(12)16/h2-5,13H,6-11,16H2,1H3. The SMILES string of the molecule is COCC1CN(C(=O)CCc2ccccc2N)CCO1. The summed E-state index contributed by atoms with van der Waals surface area (Å²) in [5, 5.41) is 0. The van der Waals surface area contributed by atoms with Crippen molar-refractivity contribution in [3.05, 3.63) is 29.8 Å². The van der Waals surface area contributed by atoms with Gasteiger partial charge in [-0.15, -0.1) is 0 Å². The van der Waals surface area contributed by atoms with Crippen LogP contribution in [0.2, 0.25) is 0 Å². The molecule has 2 N–H and O–H groups in total. The van der Waals surface area contributed by atoms with E-state index in [9.17, 15) is 4.79 Å². The predicted molar refractivity (Wildman–Crippen MR) is 77.4 cm³/mol. The van der Waals surface area contributed by atoms with E-state index in [4.69, 9.17) is 15.2 Å². The van der Waals surface area contributed by atoms with Gasteiger partial charge in [0.15, 0.2) is 0 Å². The van der Waals surface area contributed by atoms with Crippen molar-refractivity contribution in [2.75, 3.05) is 39.1 Å². The first kappa shape index (κ1) is 14.8. The molecule has 1 heterocycles. The Bertz CT molecular complexity index is 448. The lowest BCUT2D eigenvalue weighted by Crippen LogP contribution is -2.47. The first-order valence-electron chi connectivity index (χ1n) is 6.92. The molecule has 0 bridgehead atoms. The zero-order valence-corrected chi connectivity index (χ0v) is 11.9. The van der Waals surface area contributed by atoms with Gasteiger partial charge in [-0.1, -0.05) is 18.2 Å². The zero-order chi connectivity index (χ0) is 14.4. The highest BCUT2D eigenvalue weighted by Gasteiger charge is 2.23. The van der Waals surface area contributed by atoms with Crippen LogP contribution >= 0.6 is 0 Å². The van der Waals surface area contributed by atoms with Crippen LogP contribution in [-0.2, 0) is 20.7 Å². The van der Waals surface area contributed by atoms with E-state index in [0.717, 1.165) is 11.3 Å². The largest absolute Gasteiger partial charge is 0.399 e. The number of ether oxygens (including phenoxy) is 2. The summed E-state index contributed by atoms with van der Waals surface area (Å²) >= 11 is 0. The van der Waals surface area contributed by atoms with E-state index in [0.29, 0.717) is 39.1 Å². The Balaban J connectivity index is 1.84. The molecule has 110 valence electrons. The monoisotopic (exact) mass is 278 g/mol. The Labute approximate surface area is 119 Å². The second kappa shape index (κ2) is 7.26. The number of para-hydroxylation sites is 1. The molecule has 1 amide bonds. The topological polar surface area (TPSA) is 64.8 Å². The van der Waals surface area contributed by atoms with Gasteiger partial charge in [0.05, 0.1) is 19.3 Å². The normalized spacial score (nSPS) is 19.1. The van der Waals surface area contributed by atoms with Crippen molar-refractivity contribution in [2.24, 2.45) is 0 Å². The highest BCUT2D eigenvalue weighted by atomic mass is 16.5. The van der Waals surface area contributed by atoms with Crippen molar-refractivity contribution < 1.29 is 14.3 Å². The van der Waals surface area contributed by atoms with Gasteiger partial charge in [0.1, 0.15) is 0 Å². The van der Waals surface area contributed by atoms with E-state index in [-0.39, 0.29) is 12.0 Å². The fourth-order valence-corrected chi connectivity index (χ4v) is 2.39. The Morgan fingerprint density at radius 1 is 1.50 bits per heavy atom. The average molecular weight is 278 g/mol.